The van der Waals surface area contributed by atoms with Gasteiger partial charge in [0.25, 0.3) is 11.5 Å². The van der Waals surface area contributed by atoms with Gasteiger partial charge in [-0.05, 0) is 66.8 Å². The van der Waals surface area contributed by atoms with Gasteiger partial charge in [-0.25, -0.2) is 4.79 Å². The van der Waals surface area contributed by atoms with Gasteiger partial charge in [-0.2, -0.15) is 8.78 Å². The highest BCUT2D eigenvalue weighted by Crippen LogP contribution is 2.44. The van der Waals surface area contributed by atoms with Crippen molar-refractivity contribution < 1.29 is 23.5 Å². The molecule has 3 heterocycles. The number of carbonyl (C=O) groups excluding carboxylic acids is 2. The molecule has 14 heteroatoms. The molecular formula is C29H27Cl3F2N4O4S. The molecule has 0 atom stereocenters. The molecule has 228 valence electrons. The van der Waals surface area contributed by atoms with Gasteiger partial charge in [-0.15, -0.1) is 0 Å². The summed E-state index contributed by atoms with van der Waals surface area (Å²) in [6.07, 6.45) is 1.16. The van der Waals surface area contributed by atoms with E-state index in [-0.39, 0.29) is 50.3 Å². The van der Waals surface area contributed by atoms with Crippen molar-refractivity contribution in [2.75, 3.05) is 24.5 Å². The highest BCUT2D eigenvalue weighted by molar-refractivity contribution is 7.99. The van der Waals surface area contributed by atoms with Crippen LogP contribution in [0, 0.1) is 0 Å². The van der Waals surface area contributed by atoms with Gasteiger partial charge in [-0.1, -0.05) is 48.0 Å². The Morgan fingerprint density at radius 2 is 1.81 bits per heavy atom. The summed E-state index contributed by atoms with van der Waals surface area (Å²) in [4.78, 5) is 47.1. The molecule has 0 bridgehead atoms. The van der Waals surface area contributed by atoms with Crippen molar-refractivity contribution >= 4 is 64.2 Å². The number of benzene rings is 2. The van der Waals surface area contributed by atoms with Crippen LogP contribution in [0.25, 0.3) is 0 Å². The van der Waals surface area contributed by atoms with Crippen LogP contribution in [0.1, 0.15) is 53.0 Å². The number of amides is 3. The number of rotatable bonds is 7. The largest absolute Gasteiger partial charge is 0.505 e. The lowest BCUT2D eigenvalue weighted by Crippen LogP contribution is -2.49. The van der Waals surface area contributed by atoms with E-state index in [0.717, 1.165) is 24.2 Å². The number of nitrogens with one attached hydrogen (secondary N) is 1. The first-order valence-electron chi connectivity index (χ1n) is 13.5. The van der Waals surface area contributed by atoms with Crippen molar-refractivity contribution in [3.63, 3.8) is 0 Å². The molecule has 2 aliphatic rings. The number of halogens is 5. The Labute approximate surface area is 265 Å². The predicted octanol–water partition coefficient (Wildman–Crippen LogP) is 7.20. The number of hydrogen-bond donors (Lipinski definition) is 2. The number of fused-ring (bicyclic) bond motifs is 1. The van der Waals surface area contributed by atoms with Gasteiger partial charge in [0.05, 0.1) is 15.7 Å². The number of alkyl halides is 3. The van der Waals surface area contributed by atoms with Crippen molar-refractivity contribution in [2.24, 2.45) is 0 Å². The Morgan fingerprint density at radius 3 is 2.44 bits per heavy atom. The van der Waals surface area contributed by atoms with Crippen LogP contribution >= 0.6 is 46.6 Å². The fourth-order valence-corrected chi connectivity index (χ4v) is 7.19. The number of hydrogen-bond acceptors (Lipinski definition) is 5. The molecule has 2 N–H and O–H groups in total. The standard InChI is InChI=1S/C29H27Cl3F2N4O4S/c1-3-16-17-14-37(13-15(17)11-20(24(16)39)38-10-6-9-36(4-2)28(38)42)27(41)23-21(12-22(29(32,33)34)35-26(23)40)43-25-18(30)7-5-8-19(25)31/h5,7-8,11-12,39H,3-4,6,9-10,13-14H2,1-2H3,(H,35,40). The van der Waals surface area contributed by atoms with Gasteiger partial charge in [0.1, 0.15) is 17.0 Å². The van der Waals surface area contributed by atoms with E-state index in [0.29, 0.717) is 48.4 Å². The van der Waals surface area contributed by atoms with Gasteiger partial charge in [0.2, 0.25) is 0 Å². The summed E-state index contributed by atoms with van der Waals surface area (Å²) in [6.45, 7) is 5.47. The highest BCUT2D eigenvalue weighted by atomic mass is 35.5. The average Bonchev–Trinajstić information content (AvgIpc) is 3.38. The van der Waals surface area contributed by atoms with Gasteiger partial charge >= 0.3 is 11.4 Å². The highest BCUT2D eigenvalue weighted by Gasteiger charge is 2.36. The number of aromatic hydroxyl groups is 1. The second-order valence-corrected chi connectivity index (χ2v) is 12.5. The zero-order valence-corrected chi connectivity index (χ0v) is 26.2. The lowest BCUT2D eigenvalue weighted by atomic mass is 9.98. The molecule has 2 aliphatic heterocycles. The lowest BCUT2D eigenvalue weighted by molar-refractivity contribution is 0.0740. The molecule has 0 spiro atoms. The third-order valence-electron chi connectivity index (χ3n) is 7.57. The molecule has 1 fully saturated rings. The minimum absolute atomic E-state index is 0.0296. The van der Waals surface area contributed by atoms with Crippen LogP contribution in [0.3, 0.4) is 0 Å². The second kappa shape index (κ2) is 12.2. The zero-order valence-electron chi connectivity index (χ0n) is 23.1. The normalized spacial score (nSPS) is 15.3. The molecule has 8 nitrogen and oxygen atoms in total. The molecule has 1 aromatic heterocycles. The zero-order chi connectivity index (χ0) is 31.2. The number of aromatic nitrogens is 1. The van der Waals surface area contributed by atoms with E-state index in [1.807, 2.05) is 18.8 Å². The van der Waals surface area contributed by atoms with Crippen molar-refractivity contribution in [1.29, 1.82) is 0 Å². The molecule has 1 saturated heterocycles. The Bertz CT molecular complexity index is 1660. The number of aromatic amines is 1. The van der Waals surface area contributed by atoms with Gasteiger partial charge < -0.3 is 19.9 Å². The molecule has 0 saturated carbocycles. The number of anilines is 1. The van der Waals surface area contributed by atoms with Crippen LogP contribution in [-0.4, -0.2) is 51.5 Å². The average molecular weight is 672 g/mol. The molecule has 0 radical (unpaired) electrons. The summed E-state index contributed by atoms with van der Waals surface area (Å²) in [6, 6.07) is 7.13. The summed E-state index contributed by atoms with van der Waals surface area (Å²) in [5, 5.41) is 7.75. The Balaban J connectivity index is 1.55. The lowest BCUT2D eigenvalue weighted by Gasteiger charge is -2.35. The van der Waals surface area contributed by atoms with Crippen LogP contribution in [0.15, 0.2) is 44.9 Å². The summed E-state index contributed by atoms with van der Waals surface area (Å²) in [7, 11) is 0. The first kappa shape index (κ1) is 31.4. The van der Waals surface area contributed by atoms with E-state index in [1.54, 1.807) is 34.1 Å². The van der Waals surface area contributed by atoms with E-state index in [2.05, 4.69) is 0 Å². The smallest absolute Gasteiger partial charge is 0.362 e. The number of phenolic OH excluding ortho intramolecular Hbond substituents is 1. The first-order valence-corrected chi connectivity index (χ1v) is 15.5. The van der Waals surface area contributed by atoms with E-state index in [9.17, 15) is 28.3 Å². The number of phenols is 1. The van der Waals surface area contributed by atoms with Gasteiger partial charge in [0, 0.05) is 48.1 Å². The van der Waals surface area contributed by atoms with Gasteiger partial charge in [0.15, 0.2) is 0 Å². The monoisotopic (exact) mass is 670 g/mol. The summed E-state index contributed by atoms with van der Waals surface area (Å²) >= 11 is 18.7. The third kappa shape index (κ3) is 5.92. The van der Waals surface area contributed by atoms with Crippen LogP contribution in [0.5, 0.6) is 5.75 Å². The SMILES string of the molecule is CCc1c(O)c(N2CCCN(CC)C2=O)cc2c1CN(C(=O)c1c(Sc3c(Cl)cccc3Cl)cc(C(F)(F)Cl)[nH]c1=O)C2. The minimum Gasteiger partial charge on any atom is -0.505 e. The fraction of sp³-hybridized carbons (Fsp3) is 0.345. The molecule has 0 aliphatic carbocycles. The van der Waals surface area contributed by atoms with Crippen LogP contribution in [-0.2, 0) is 24.9 Å². The van der Waals surface area contributed by atoms with E-state index >= 15 is 0 Å². The van der Waals surface area contributed by atoms with E-state index in [1.165, 1.54) is 4.90 Å². The quantitative estimate of drug-likeness (QED) is 0.259. The Kier molecular flexibility index (Phi) is 8.91. The van der Waals surface area contributed by atoms with Crippen molar-refractivity contribution in [3.8, 4) is 5.75 Å². The first-order chi connectivity index (χ1) is 20.3. The Morgan fingerprint density at radius 1 is 1.12 bits per heavy atom. The van der Waals surface area contributed by atoms with Gasteiger partial charge in [-0.3, -0.25) is 14.5 Å². The molecular weight excluding hydrogens is 645 g/mol. The van der Waals surface area contributed by atoms with Crippen molar-refractivity contribution in [3.05, 3.63) is 78.7 Å². The van der Waals surface area contributed by atoms with Crippen LogP contribution in [0.4, 0.5) is 19.3 Å². The third-order valence-corrected chi connectivity index (χ3v) is 9.82. The molecule has 43 heavy (non-hydrogen) atoms. The molecule has 0 unspecified atom stereocenters. The maximum Gasteiger partial charge on any atom is 0.362 e. The van der Waals surface area contributed by atoms with Crippen LogP contribution < -0.4 is 10.5 Å². The van der Waals surface area contributed by atoms with Crippen molar-refractivity contribution in [1.82, 2.24) is 14.8 Å². The number of H-pyrrole nitrogens is 1. The maximum atomic E-state index is 14.1. The number of nitrogens with zero attached hydrogens (tertiary/aromatic N) is 3. The van der Waals surface area contributed by atoms with Crippen molar-refractivity contribution in [2.45, 2.75) is 55.0 Å². The summed E-state index contributed by atoms with van der Waals surface area (Å²) < 4.78 is 28.2. The maximum absolute atomic E-state index is 14.1. The molecule has 5 rings (SSSR count). The van der Waals surface area contributed by atoms with E-state index in [4.69, 9.17) is 34.8 Å². The summed E-state index contributed by atoms with van der Waals surface area (Å²) in [5.74, 6) is -0.750. The predicted molar refractivity (Wildman–Crippen MR) is 163 cm³/mol. The number of pyridine rings is 1. The van der Waals surface area contributed by atoms with Crippen LogP contribution in [0.2, 0.25) is 10.0 Å². The second-order valence-electron chi connectivity index (χ2n) is 10.1. The van der Waals surface area contributed by atoms with E-state index < -0.39 is 22.5 Å². The molecule has 3 aromatic rings. The fourth-order valence-electron chi connectivity index (χ4n) is 5.45. The number of urea groups is 1. The molecule has 2 aromatic carbocycles. The topological polar surface area (TPSA) is 96.9 Å². The Hall–Kier alpha value is -2.99. The minimum atomic E-state index is -3.91. The summed E-state index contributed by atoms with van der Waals surface area (Å²) in [5.41, 5.74) is 0.0481. The molecule has 3 amide bonds. The number of carbonyl (C=O) groups is 2.